The average Bonchev–Trinajstić information content (AvgIpc) is 3.07. The summed E-state index contributed by atoms with van der Waals surface area (Å²) in [4.78, 5) is 29.1. The van der Waals surface area contributed by atoms with Crippen LogP contribution in [-0.2, 0) is 6.54 Å². The second kappa shape index (κ2) is 5.90. The first kappa shape index (κ1) is 14.6. The van der Waals surface area contributed by atoms with Crippen LogP contribution in [0.3, 0.4) is 0 Å². The van der Waals surface area contributed by atoms with Crippen molar-refractivity contribution < 1.29 is 9.21 Å². The van der Waals surface area contributed by atoms with Gasteiger partial charge in [-0.05, 0) is 30.3 Å². The van der Waals surface area contributed by atoms with E-state index in [1.807, 2.05) is 36.4 Å². The molecule has 0 saturated heterocycles. The second-order valence-corrected chi connectivity index (χ2v) is 6.30. The summed E-state index contributed by atoms with van der Waals surface area (Å²) in [5, 5.41) is 4.09. The van der Waals surface area contributed by atoms with Gasteiger partial charge in [0, 0.05) is 11.6 Å². The van der Waals surface area contributed by atoms with Crippen molar-refractivity contribution in [3.05, 3.63) is 75.7 Å². The van der Waals surface area contributed by atoms with Crippen LogP contribution in [0.25, 0.3) is 21.1 Å². The number of nitrogens with zero attached hydrogens (tertiary/aromatic N) is 1. The van der Waals surface area contributed by atoms with Crippen molar-refractivity contribution in [3.63, 3.8) is 0 Å². The summed E-state index contributed by atoms with van der Waals surface area (Å²) in [6.45, 7) is 0.337. The van der Waals surface area contributed by atoms with Crippen LogP contribution in [0.15, 0.2) is 63.9 Å². The Morgan fingerprint density at radius 1 is 1.12 bits per heavy atom. The first-order valence-corrected chi connectivity index (χ1v) is 8.17. The van der Waals surface area contributed by atoms with Crippen molar-refractivity contribution in [1.82, 2.24) is 10.3 Å². The molecule has 0 saturated carbocycles. The van der Waals surface area contributed by atoms with Crippen molar-refractivity contribution in [2.75, 3.05) is 0 Å². The quantitative estimate of drug-likeness (QED) is 0.583. The highest BCUT2D eigenvalue weighted by atomic mass is 32.1. The number of rotatable bonds is 3. The number of fused-ring (bicyclic) bond motifs is 3. The van der Waals surface area contributed by atoms with Gasteiger partial charge < -0.3 is 9.73 Å². The highest BCUT2D eigenvalue weighted by Crippen LogP contribution is 2.30. The molecule has 1 N–H and O–H groups in total. The zero-order valence-electron chi connectivity index (χ0n) is 12.5. The number of hydrogen-bond acceptors (Lipinski definition) is 5. The fourth-order valence-electron chi connectivity index (χ4n) is 2.51. The van der Waals surface area contributed by atoms with E-state index in [1.54, 1.807) is 18.3 Å². The van der Waals surface area contributed by atoms with Crippen molar-refractivity contribution in [1.29, 1.82) is 0 Å². The summed E-state index contributed by atoms with van der Waals surface area (Å²) in [5.41, 5.74) is 0.873. The third kappa shape index (κ3) is 2.57. The summed E-state index contributed by atoms with van der Waals surface area (Å²) in [7, 11) is 0. The Hall–Kier alpha value is -2.99. The number of thiophene rings is 1. The Bertz CT molecular complexity index is 1100. The molecule has 24 heavy (non-hydrogen) atoms. The van der Waals surface area contributed by atoms with Gasteiger partial charge in [0.25, 0.3) is 5.91 Å². The average molecular weight is 336 g/mol. The molecule has 0 unspecified atom stereocenters. The molecule has 0 aliphatic carbocycles. The maximum atomic E-state index is 12.4. The number of amides is 1. The summed E-state index contributed by atoms with van der Waals surface area (Å²) in [5.74, 6) is -0.231. The van der Waals surface area contributed by atoms with Crippen LogP contribution in [0.4, 0.5) is 0 Å². The predicted octanol–water partition coefficient (Wildman–Crippen LogP) is 3.33. The number of para-hydroxylation sites is 1. The molecule has 0 atom stereocenters. The largest absolute Gasteiger partial charge is 0.422 e. The molecular formula is C18H12N2O3S. The number of pyridine rings is 1. The Labute approximate surface area is 140 Å². The minimum absolute atomic E-state index is 0.231. The molecule has 0 aliphatic heterocycles. The molecule has 3 aromatic heterocycles. The van der Waals surface area contributed by atoms with Gasteiger partial charge in [-0.3, -0.25) is 9.78 Å². The third-order valence-corrected chi connectivity index (χ3v) is 4.83. The molecule has 118 valence electrons. The van der Waals surface area contributed by atoms with Gasteiger partial charge in [-0.1, -0.05) is 18.2 Å². The molecule has 1 amide bonds. The van der Waals surface area contributed by atoms with Gasteiger partial charge in [0.05, 0.1) is 27.2 Å². The molecule has 5 nitrogen and oxygen atoms in total. The highest BCUT2D eigenvalue weighted by molar-refractivity contribution is 7.21. The topological polar surface area (TPSA) is 72.2 Å². The van der Waals surface area contributed by atoms with Gasteiger partial charge in [-0.2, -0.15) is 0 Å². The zero-order chi connectivity index (χ0) is 16.5. The number of hydrogen-bond donors (Lipinski definition) is 1. The highest BCUT2D eigenvalue weighted by Gasteiger charge is 2.15. The first-order valence-electron chi connectivity index (χ1n) is 7.36. The molecule has 1 aromatic carbocycles. The Morgan fingerprint density at radius 3 is 2.79 bits per heavy atom. The number of carbonyl (C=O) groups excluding carboxylic acids is 1. The fourth-order valence-corrected chi connectivity index (χ4v) is 3.61. The van der Waals surface area contributed by atoms with Gasteiger partial charge in [-0.25, -0.2) is 4.79 Å². The molecule has 0 aliphatic rings. The lowest BCUT2D eigenvalue weighted by molar-refractivity contribution is 0.0954. The molecule has 3 heterocycles. The Kier molecular flexibility index (Phi) is 3.59. The molecule has 6 heteroatoms. The van der Waals surface area contributed by atoms with Crippen LogP contribution in [0, 0.1) is 0 Å². The standard InChI is InChI=1S/C18H12N2O3S/c21-17(20-10-11-5-3-4-8-19-11)15-9-13-16(24-15)12-6-1-2-7-14(12)23-18(13)22/h1-9H,10H2,(H,20,21). The van der Waals surface area contributed by atoms with E-state index in [1.165, 1.54) is 11.3 Å². The van der Waals surface area contributed by atoms with E-state index in [9.17, 15) is 9.59 Å². The fraction of sp³-hybridized carbons (Fsp3) is 0.0556. The van der Waals surface area contributed by atoms with E-state index in [-0.39, 0.29) is 5.91 Å². The van der Waals surface area contributed by atoms with E-state index >= 15 is 0 Å². The van der Waals surface area contributed by atoms with Crippen molar-refractivity contribution >= 4 is 38.3 Å². The second-order valence-electron chi connectivity index (χ2n) is 5.24. The number of aromatic nitrogens is 1. The normalized spacial score (nSPS) is 11.0. The van der Waals surface area contributed by atoms with E-state index in [4.69, 9.17) is 4.42 Å². The van der Waals surface area contributed by atoms with E-state index in [0.29, 0.717) is 22.4 Å². The van der Waals surface area contributed by atoms with E-state index < -0.39 is 5.63 Å². The molecule has 4 rings (SSSR count). The number of benzene rings is 1. The number of carbonyl (C=O) groups is 1. The van der Waals surface area contributed by atoms with Crippen LogP contribution in [-0.4, -0.2) is 10.9 Å². The van der Waals surface area contributed by atoms with Crippen molar-refractivity contribution in [2.45, 2.75) is 6.54 Å². The Morgan fingerprint density at radius 2 is 1.96 bits per heavy atom. The molecule has 4 aromatic rings. The molecule has 0 bridgehead atoms. The van der Waals surface area contributed by atoms with E-state index in [0.717, 1.165) is 15.8 Å². The molecule has 0 fully saturated rings. The van der Waals surface area contributed by atoms with Crippen LogP contribution in [0.5, 0.6) is 0 Å². The summed E-state index contributed by atoms with van der Waals surface area (Å²) in [6, 6.07) is 14.4. The van der Waals surface area contributed by atoms with Gasteiger partial charge >= 0.3 is 5.63 Å². The summed E-state index contributed by atoms with van der Waals surface area (Å²) < 4.78 is 6.08. The van der Waals surface area contributed by atoms with Gasteiger partial charge in [0.1, 0.15) is 5.58 Å². The first-order chi connectivity index (χ1) is 11.7. The lowest BCUT2D eigenvalue weighted by Gasteiger charge is -2.02. The van der Waals surface area contributed by atoms with Crippen LogP contribution in [0.2, 0.25) is 0 Å². The minimum atomic E-state index is -0.427. The van der Waals surface area contributed by atoms with Crippen LogP contribution >= 0.6 is 11.3 Å². The molecular weight excluding hydrogens is 324 g/mol. The lowest BCUT2D eigenvalue weighted by Crippen LogP contribution is -2.22. The molecule has 0 radical (unpaired) electrons. The van der Waals surface area contributed by atoms with Crippen molar-refractivity contribution in [3.8, 4) is 0 Å². The van der Waals surface area contributed by atoms with Crippen LogP contribution < -0.4 is 10.9 Å². The Balaban J connectivity index is 1.70. The smallest absolute Gasteiger partial charge is 0.345 e. The number of nitrogens with one attached hydrogen (secondary N) is 1. The minimum Gasteiger partial charge on any atom is -0.422 e. The monoisotopic (exact) mass is 336 g/mol. The predicted molar refractivity (Wildman–Crippen MR) is 93.3 cm³/mol. The lowest BCUT2D eigenvalue weighted by atomic mass is 10.2. The van der Waals surface area contributed by atoms with Gasteiger partial charge in [0.15, 0.2) is 0 Å². The summed E-state index contributed by atoms with van der Waals surface area (Å²) in [6.07, 6.45) is 1.68. The van der Waals surface area contributed by atoms with Crippen molar-refractivity contribution in [2.24, 2.45) is 0 Å². The van der Waals surface area contributed by atoms with Gasteiger partial charge in [0.2, 0.25) is 0 Å². The maximum absolute atomic E-state index is 12.4. The van der Waals surface area contributed by atoms with E-state index in [2.05, 4.69) is 10.3 Å². The summed E-state index contributed by atoms with van der Waals surface area (Å²) >= 11 is 1.29. The molecule has 0 spiro atoms. The third-order valence-electron chi connectivity index (χ3n) is 3.67. The zero-order valence-corrected chi connectivity index (χ0v) is 13.3. The maximum Gasteiger partial charge on any atom is 0.345 e. The van der Waals surface area contributed by atoms with Crippen LogP contribution in [0.1, 0.15) is 15.4 Å². The SMILES string of the molecule is O=C(NCc1ccccn1)c1cc2c(=O)oc3ccccc3c2s1. The van der Waals surface area contributed by atoms with Gasteiger partial charge in [-0.15, -0.1) is 11.3 Å².